The van der Waals surface area contributed by atoms with E-state index in [2.05, 4.69) is 15.6 Å². The Hall–Kier alpha value is -2.70. The molecule has 2 rings (SSSR count). The molecule has 21 heavy (non-hydrogen) atoms. The van der Waals surface area contributed by atoms with Gasteiger partial charge in [-0.1, -0.05) is 30.7 Å². The maximum atomic E-state index is 12.3. The molecule has 1 aromatic heterocycles. The second-order valence-corrected chi connectivity index (χ2v) is 4.52. The van der Waals surface area contributed by atoms with Crippen molar-refractivity contribution in [1.29, 1.82) is 0 Å². The number of amides is 1. The summed E-state index contributed by atoms with van der Waals surface area (Å²) >= 11 is 0. The number of hydrogen-bond donors (Lipinski definition) is 2. The van der Waals surface area contributed by atoms with Gasteiger partial charge in [-0.3, -0.25) is 4.79 Å². The van der Waals surface area contributed by atoms with Gasteiger partial charge in [0.05, 0.1) is 23.6 Å². The van der Waals surface area contributed by atoms with Gasteiger partial charge in [-0.15, -0.1) is 5.10 Å². The molecule has 0 saturated carbocycles. The van der Waals surface area contributed by atoms with Gasteiger partial charge < -0.3 is 10.4 Å². The van der Waals surface area contributed by atoms with Gasteiger partial charge in [0.1, 0.15) is 6.04 Å². The van der Waals surface area contributed by atoms with Crippen molar-refractivity contribution in [3.05, 3.63) is 42.2 Å². The first-order chi connectivity index (χ1) is 10.1. The van der Waals surface area contributed by atoms with Crippen LogP contribution in [-0.4, -0.2) is 38.0 Å². The Kier molecular flexibility index (Phi) is 4.65. The second kappa shape index (κ2) is 6.65. The van der Waals surface area contributed by atoms with Crippen LogP contribution < -0.4 is 5.32 Å². The fourth-order valence-electron chi connectivity index (χ4n) is 1.98. The molecule has 7 heteroatoms. The van der Waals surface area contributed by atoms with E-state index in [0.29, 0.717) is 24.1 Å². The van der Waals surface area contributed by atoms with Crippen LogP contribution in [0.3, 0.4) is 0 Å². The first-order valence-corrected chi connectivity index (χ1v) is 6.63. The number of para-hydroxylation sites is 1. The van der Waals surface area contributed by atoms with E-state index in [4.69, 9.17) is 5.11 Å². The molecule has 1 aromatic carbocycles. The highest BCUT2D eigenvalue weighted by molar-refractivity contribution is 5.99. The predicted octanol–water partition coefficient (Wildman–Crippen LogP) is 1.25. The van der Waals surface area contributed by atoms with E-state index in [1.54, 1.807) is 30.5 Å². The molecule has 7 nitrogen and oxygen atoms in total. The number of nitrogens with one attached hydrogen (secondary N) is 1. The summed E-state index contributed by atoms with van der Waals surface area (Å²) in [7, 11) is 0. The first-order valence-electron chi connectivity index (χ1n) is 6.63. The number of aliphatic carboxylic acids is 1. The van der Waals surface area contributed by atoms with Gasteiger partial charge in [0, 0.05) is 0 Å². The van der Waals surface area contributed by atoms with E-state index >= 15 is 0 Å². The molecule has 0 fully saturated rings. The number of carbonyl (C=O) groups excluding carboxylic acids is 1. The quantitative estimate of drug-likeness (QED) is 0.833. The number of nitrogens with zero attached hydrogens (tertiary/aromatic N) is 3. The van der Waals surface area contributed by atoms with E-state index < -0.39 is 17.9 Å². The molecule has 0 aliphatic heterocycles. The number of carbonyl (C=O) groups is 2. The van der Waals surface area contributed by atoms with Crippen molar-refractivity contribution >= 4 is 11.9 Å². The molecule has 2 aromatic rings. The molecule has 1 heterocycles. The highest BCUT2D eigenvalue weighted by Gasteiger charge is 2.21. The van der Waals surface area contributed by atoms with Crippen LogP contribution in [0, 0.1) is 0 Å². The third-order valence-corrected chi connectivity index (χ3v) is 3.00. The van der Waals surface area contributed by atoms with Crippen molar-refractivity contribution in [3.8, 4) is 5.69 Å². The Balaban J connectivity index is 2.25. The molecule has 0 aliphatic rings. The maximum absolute atomic E-state index is 12.3. The lowest BCUT2D eigenvalue weighted by molar-refractivity contribution is -0.139. The van der Waals surface area contributed by atoms with Crippen LogP contribution in [0.25, 0.3) is 5.69 Å². The molecule has 110 valence electrons. The molecule has 1 unspecified atom stereocenters. The zero-order chi connectivity index (χ0) is 15.2. The molecular weight excluding hydrogens is 272 g/mol. The van der Waals surface area contributed by atoms with E-state index in [-0.39, 0.29) is 0 Å². The van der Waals surface area contributed by atoms with Gasteiger partial charge in [-0.2, -0.15) is 0 Å². The monoisotopic (exact) mass is 288 g/mol. The van der Waals surface area contributed by atoms with Crippen LogP contribution in [0.5, 0.6) is 0 Å². The molecule has 0 radical (unpaired) electrons. The Morgan fingerprint density at radius 1 is 1.38 bits per heavy atom. The minimum absolute atomic E-state index is 0.352. The average molecular weight is 288 g/mol. The third-order valence-electron chi connectivity index (χ3n) is 3.00. The lowest BCUT2D eigenvalue weighted by Gasteiger charge is -2.15. The molecule has 1 amide bonds. The van der Waals surface area contributed by atoms with Gasteiger partial charge >= 0.3 is 5.97 Å². The number of rotatable bonds is 6. The molecule has 0 aliphatic carbocycles. The minimum Gasteiger partial charge on any atom is -0.480 e. The molecule has 1 atom stereocenters. The van der Waals surface area contributed by atoms with Crippen LogP contribution in [0.1, 0.15) is 30.1 Å². The third kappa shape index (κ3) is 3.44. The SMILES string of the molecule is CCCC(NC(=O)c1ccccc1-n1ccnn1)C(=O)O. The smallest absolute Gasteiger partial charge is 0.326 e. The van der Waals surface area contributed by atoms with Crippen LogP contribution >= 0.6 is 0 Å². The summed E-state index contributed by atoms with van der Waals surface area (Å²) in [5, 5.41) is 19.2. The lowest BCUT2D eigenvalue weighted by Crippen LogP contribution is -2.41. The van der Waals surface area contributed by atoms with Crippen molar-refractivity contribution in [1.82, 2.24) is 20.3 Å². The fourth-order valence-corrected chi connectivity index (χ4v) is 1.98. The standard InChI is InChI=1S/C14H16N4O3/c1-2-5-11(14(20)21)16-13(19)10-6-3-4-7-12(10)18-9-8-15-17-18/h3-4,6-9,11H,2,5H2,1H3,(H,16,19)(H,20,21). The number of carboxylic acids is 1. The lowest BCUT2D eigenvalue weighted by atomic mass is 10.1. The topological polar surface area (TPSA) is 97.1 Å². The summed E-state index contributed by atoms with van der Waals surface area (Å²) in [6, 6.07) is 5.93. The number of carboxylic acid groups (broad SMARTS) is 1. The molecule has 0 spiro atoms. The van der Waals surface area contributed by atoms with Gasteiger partial charge in [-0.05, 0) is 18.6 Å². The molecule has 0 saturated heterocycles. The van der Waals surface area contributed by atoms with Crippen LogP contribution in [0.15, 0.2) is 36.7 Å². The highest BCUT2D eigenvalue weighted by atomic mass is 16.4. The van der Waals surface area contributed by atoms with E-state index in [0.717, 1.165) is 0 Å². The summed E-state index contributed by atoms with van der Waals surface area (Å²) in [4.78, 5) is 23.4. The second-order valence-electron chi connectivity index (χ2n) is 4.52. The van der Waals surface area contributed by atoms with E-state index in [9.17, 15) is 9.59 Å². The largest absolute Gasteiger partial charge is 0.480 e. The first kappa shape index (κ1) is 14.7. The Labute approximate surface area is 121 Å². The summed E-state index contributed by atoms with van der Waals surface area (Å²) in [5.74, 6) is -1.48. The molecule has 2 N–H and O–H groups in total. The summed E-state index contributed by atoms with van der Waals surface area (Å²) in [5.41, 5.74) is 0.901. The zero-order valence-electron chi connectivity index (χ0n) is 11.6. The number of benzene rings is 1. The Bertz CT molecular complexity index is 625. The van der Waals surface area contributed by atoms with Crippen molar-refractivity contribution in [2.24, 2.45) is 0 Å². The van der Waals surface area contributed by atoms with E-state index in [1.165, 1.54) is 10.9 Å². The van der Waals surface area contributed by atoms with Crippen molar-refractivity contribution in [2.45, 2.75) is 25.8 Å². The van der Waals surface area contributed by atoms with Crippen molar-refractivity contribution < 1.29 is 14.7 Å². The minimum atomic E-state index is -1.04. The predicted molar refractivity (Wildman–Crippen MR) is 75.2 cm³/mol. The van der Waals surface area contributed by atoms with E-state index in [1.807, 2.05) is 6.92 Å². The van der Waals surface area contributed by atoms with Gasteiger partial charge in [0.15, 0.2) is 0 Å². The highest BCUT2D eigenvalue weighted by Crippen LogP contribution is 2.13. The van der Waals surface area contributed by atoms with Crippen molar-refractivity contribution in [2.75, 3.05) is 0 Å². The maximum Gasteiger partial charge on any atom is 0.326 e. The number of hydrogen-bond acceptors (Lipinski definition) is 4. The normalized spacial score (nSPS) is 11.9. The van der Waals surface area contributed by atoms with Gasteiger partial charge in [-0.25, -0.2) is 9.48 Å². The van der Waals surface area contributed by atoms with Crippen LogP contribution in [0.4, 0.5) is 0 Å². The van der Waals surface area contributed by atoms with Crippen LogP contribution in [-0.2, 0) is 4.79 Å². The molecule has 0 bridgehead atoms. The fraction of sp³-hybridized carbons (Fsp3) is 0.286. The van der Waals surface area contributed by atoms with Gasteiger partial charge in [0.2, 0.25) is 0 Å². The average Bonchev–Trinajstić information content (AvgIpc) is 3.00. The Morgan fingerprint density at radius 3 is 2.76 bits per heavy atom. The summed E-state index contributed by atoms with van der Waals surface area (Å²) in [6.07, 6.45) is 4.17. The van der Waals surface area contributed by atoms with Crippen molar-refractivity contribution in [3.63, 3.8) is 0 Å². The Morgan fingerprint density at radius 2 is 2.14 bits per heavy atom. The summed E-state index contributed by atoms with van der Waals surface area (Å²) in [6.45, 7) is 1.87. The zero-order valence-corrected chi connectivity index (χ0v) is 11.6. The summed E-state index contributed by atoms with van der Waals surface area (Å²) < 4.78 is 1.46. The van der Waals surface area contributed by atoms with Crippen LogP contribution in [0.2, 0.25) is 0 Å². The number of aromatic nitrogens is 3. The molecular formula is C14H16N4O3. The van der Waals surface area contributed by atoms with Gasteiger partial charge in [0.25, 0.3) is 5.91 Å².